The number of anilines is 2. The van der Waals surface area contributed by atoms with E-state index in [9.17, 15) is 9.59 Å². The summed E-state index contributed by atoms with van der Waals surface area (Å²) in [6.07, 6.45) is 1.56. The first kappa shape index (κ1) is 19.1. The van der Waals surface area contributed by atoms with Crippen LogP contribution in [0.5, 0.6) is 0 Å². The average Bonchev–Trinajstić information content (AvgIpc) is 2.62. The van der Waals surface area contributed by atoms with E-state index in [1.165, 1.54) is 4.90 Å². The number of benzene rings is 2. The van der Waals surface area contributed by atoms with E-state index < -0.39 is 11.8 Å². The molecule has 0 bridgehead atoms. The lowest BCUT2D eigenvalue weighted by atomic mass is 10.1. The number of aryl methyl sites for hydroxylation is 1. The second-order valence-electron chi connectivity index (χ2n) is 6.38. The number of hydrogen-bond donors (Lipinski definition) is 1. The van der Waals surface area contributed by atoms with Crippen molar-refractivity contribution in [1.29, 1.82) is 0 Å². The van der Waals surface area contributed by atoms with E-state index in [1.54, 1.807) is 24.3 Å². The van der Waals surface area contributed by atoms with E-state index in [0.29, 0.717) is 10.7 Å². The van der Waals surface area contributed by atoms with Gasteiger partial charge in [-0.3, -0.25) is 19.8 Å². The Hall–Kier alpha value is -2.70. The van der Waals surface area contributed by atoms with Crippen LogP contribution in [0.25, 0.3) is 6.08 Å². The Balaban J connectivity index is 1.97. The maximum Gasteiger partial charge on any atom is 0.270 e. The minimum atomic E-state index is -0.517. The first-order valence-electron chi connectivity index (χ1n) is 8.23. The zero-order valence-electron chi connectivity index (χ0n) is 15.1. The molecular formula is C20H18ClN3O2S. The van der Waals surface area contributed by atoms with E-state index in [-0.39, 0.29) is 10.7 Å². The molecule has 1 heterocycles. The highest BCUT2D eigenvalue weighted by Crippen LogP contribution is 2.27. The highest BCUT2D eigenvalue weighted by molar-refractivity contribution is 7.80. The molecule has 0 spiro atoms. The lowest BCUT2D eigenvalue weighted by Gasteiger charge is -2.29. The van der Waals surface area contributed by atoms with Crippen molar-refractivity contribution in [2.24, 2.45) is 0 Å². The van der Waals surface area contributed by atoms with Gasteiger partial charge in [0.05, 0.1) is 5.69 Å². The molecule has 0 saturated carbocycles. The number of carbonyl (C=O) groups excluding carboxylic acids is 2. The molecule has 1 aliphatic rings. The number of nitrogens with one attached hydrogen (secondary N) is 1. The van der Waals surface area contributed by atoms with Crippen molar-refractivity contribution in [3.8, 4) is 0 Å². The van der Waals surface area contributed by atoms with Crippen molar-refractivity contribution >= 4 is 58.2 Å². The fourth-order valence-corrected chi connectivity index (χ4v) is 3.10. The fourth-order valence-electron chi connectivity index (χ4n) is 2.65. The van der Waals surface area contributed by atoms with Gasteiger partial charge in [-0.05, 0) is 60.6 Å². The van der Waals surface area contributed by atoms with Crippen LogP contribution < -0.4 is 15.1 Å². The first-order valence-corrected chi connectivity index (χ1v) is 9.01. The van der Waals surface area contributed by atoms with Crippen LogP contribution in [0, 0.1) is 6.92 Å². The summed E-state index contributed by atoms with van der Waals surface area (Å²) in [6.45, 7) is 1.87. The molecule has 0 aliphatic carbocycles. The number of amides is 2. The average molecular weight is 400 g/mol. The fraction of sp³-hybridized carbons (Fsp3) is 0.150. The SMILES string of the molecule is Cc1ccc(N2C(=O)/C(=C\c3ccc(N(C)C)cc3)C(=O)NC2=S)cc1Cl. The van der Waals surface area contributed by atoms with E-state index >= 15 is 0 Å². The van der Waals surface area contributed by atoms with Gasteiger partial charge in [0, 0.05) is 24.8 Å². The topological polar surface area (TPSA) is 52.7 Å². The van der Waals surface area contributed by atoms with Crippen LogP contribution in [0.3, 0.4) is 0 Å². The van der Waals surface area contributed by atoms with Crippen LogP contribution >= 0.6 is 23.8 Å². The number of carbonyl (C=O) groups is 2. The summed E-state index contributed by atoms with van der Waals surface area (Å²) < 4.78 is 0. The van der Waals surface area contributed by atoms with Crippen LogP contribution in [0.1, 0.15) is 11.1 Å². The Morgan fingerprint density at radius 1 is 1.11 bits per heavy atom. The molecule has 27 heavy (non-hydrogen) atoms. The Morgan fingerprint density at radius 2 is 1.78 bits per heavy atom. The minimum absolute atomic E-state index is 0.0119. The maximum atomic E-state index is 13.0. The van der Waals surface area contributed by atoms with E-state index in [1.807, 2.05) is 50.2 Å². The lowest BCUT2D eigenvalue weighted by Crippen LogP contribution is -2.54. The van der Waals surface area contributed by atoms with E-state index in [4.69, 9.17) is 23.8 Å². The Morgan fingerprint density at radius 3 is 2.37 bits per heavy atom. The highest BCUT2D eigenvalue weighted by Gasteiger charge is 2.34. The molecule has 7 heteroatoms. The van der Waals surface area contributed by atoms with Crippen molar-refractivity contribution < 1.29 is 9.59 Å². The van der Waals surface area contributed by atoms with Crippen molar-refractivity contribution in [3.05, 3.63) is 64.2 Å². The highest BCUT2D eigenvalue weighted by atomic mass is 35.5. The molecule has 0 atom stereocenters. The van der Waals surface area contributed by atoms with E-state index in [0.717, 1.165) is 16.8 Å². The molecule has 1 fully saturated rings. The molecule has 3 rings (SSSR count). The van der Waals surface area contributed by atoms with Crippen molar-refractivity contribution in [3.63, 3.8) is 0 Å². The largest absolute Gasteiger partial charge is 0.378 e. The smallest absolute Gasteiger partial charge is 0.270 e. The van der Waals surface area contributed by atoms with Gasteiger partial charge in [0.25, 0.3) is 11.8 Å². The van der Waals surface area contributed by atoms with Crippen LogP contribution in [0.4, 0.5) is 11.4 Å². The normalized spacial score (nSPS) is 15.9. The first-order chi connectivity index (χ1) is 12.8. The molecule has 138 valence electrons. The second-order valence-corrected chi connectivity index (χ2v) is 7.17. The van der Waals surface area contributed by atoms with Crippen molar-refractivity contribution in [2.45, 2.75) is 6.92 Å². The van der Waals surface area contributed by atoms with Gasteiger partial charge in [0.2, 0.25) is 0 Å². The summed E-state index contributed by atoms with van der Waals surface area (Å²) in [7, 11) is 3.88. The van der Waals surface area contributed by atoms with Gasteiger partial charge in [-0.25, -0.2) is 0 Å². The summed E-state index contributed by atoms with van der Waals surface area (Å²) in [5.74, 6) is -1.00. The summed E-state index contributed by atoms with van der Waals surface area (Å²) in [4.78, 5) is 28.6. The van der Waals surface area contributed by atoms with Gasteiger partial charge in [0.1, 0.15) is 5.57 Å². The zero-order chi connectivity index (χ0) is 19.7. The van der Waals surface area contributed by atoms with Crippen molar-refractivity contribution in [2.75, 3.05) is 23.9 Å². The van der Waals surface area contributed by atoms with Crippen LogP contribution in [0.15, 0.2) is 48.0 Å². The summed E-state index contributed by atoms with van der Waals surface area (Å²) >= 11 is 11.4. The third-order valence-electron chi connectivity index (χ3n) is 4.24. The van der Waals surface area contributed by atoms with Crippen LogP contribution in [-0.4, -0.2) is 31.0 Å². The molecule has 1 saturated heterocycles. The molecule has 2 aromatic rings. The maximum absolute atomic E-state index is 13.0. The molecule has 2 aromatic carbocycles. The quantitative estimate of drug-likeness (QED) is 0.487. The molecule has 0 radical (unpaired) electrons. The van der Waals surface area contributed by atoms with Gasteiger partial charge in [-0.2, -0.15) is 0 Å². The van der Waals surface area contributed by atoms with Gasteiger partial charge in [0.15, 0.2) is 5.11 Å². The van der Waals surface area contributed by atoms with Crippen molar-refractivity contribution in [1.82, 2.24) is 5.32 Å². The molecule has 1 aliphatic heterocycles. The van der Waals surface area contributed by atoms with Gasteiger partial charge in [-0.1, -0.05) is 29.8 Å². The monoisotopic (exact) mass is 399 g/mol. The van der Waals surface area contributed by atoms with Gasteiger partial charge in [-0.15, -0.1) is 0 Å². The second kappa shape index (κ2) is 7.50. The Labute approximate surface area is 168 Å². The molecule has 0 aromatic heterocycles. The standard InChI is InChI=1S/C20H18ClN3O2S/c1-12-4-7-15(11-17(12)21)24-19(26)16(18(25)22-20(24)27)10-13-5-8-14(9-6-13)23(2)3/h4-11H,1-3H3,(H,22,25,27)/b16-10-. The molecule has 2 amide bonds. The number of nitrogens with zero attached hydrogens (tertiary/aromatic N) is 2. The predicted molar refractivity (Wildman–Crippen MR) is 113 cm³/mol. The predicted octanol–water partition coefficient (Wildman–Crippen LogP) is 3.55. The van der Waals surface area contributed by atoms with Crippen LogP contribution in [-0.2, 0) is 9.59 Å². The zero-order valence-corrected chi connectivity index (χ0v) is 16.7. The summed E-state index contributed by atoms with van der Waals surface area (Å²) in [5.41, 5.74) is 3.17. The summed E-state index contributed by atoms with van der Waals surface area (Å²) in [6, 6.07) is 12.7. The Kier molecular flexibility index (Phi) is 5.30. The number of rotatable bonds is 3. The molecule has 1 N–H and O–H groups in total. The summed E-state index contributed by atoms with van der Waals surface area (Å²) in [5, 5.41) is 3.12. The van der Waals surface area contributed by atoms with Crippen LogP contribution in [0.2, 0.25) is 5.02 Å². The molecule has 5 nitrogen and oxygen atoms in total. The third-order valence-corrected chi connectivity index (χ3v) is 4.93. The van der Waals surface area contributed by atoms with Gasteiger partial charge < -0.3 is 4.90 Å². The number of hydrogen-bond acceptors (Lipinski definition) is 4. The van der Waals surface area contributed by atoms with Gasteiger partial charge >= 0.3 is 0 Å². The minimum Gasteiger partial charge on any atom is -0.378 e. The number of halogens is 1. The third kappa shape index (κ3) is 3.86. The molecule has 0 unspecified atom stereocenters. The van der Waals surface area contributed by atoms with E-state index in [2.05, 4.69) is 5.32 Å². The Bertz CT molecular complexity index is 968. The lowest BCUT2D eigenvalue weighted by molar-refractivity contribution is -0.122. The number of thiocarbonyl (C=S) groups is 1. The molecular weight excluding hydrogens is 382 g/mol.